The first-order chi connectivity index (χ1) is 12.8. The summed E-state index contributed by atoms with van der Waals surface area (Å²) in [6.45, 7) is 0. The highest BCUT2D eigenvalue weighted by atomic mass is 19.4. The summed E-state index contributed by atoms with van der Waals surface area (Å²) in [6.07, 6.45) is -3.62. The van der Waals surface area contributed by atoms with Crippen LogP contribution in [-0.2, 0) is 9.57 Å². The minimum atomic E-state index is -4.75. The summed E-state index contributed by atoms with van der Waals surface area (Å²) in [6, 6.07) is 8.21. The van der Waals surface area contributed by atoms with E-state index < -0.39 is 18.4 Å². The zero-order valence-electron chi connectivity index (χ0n) is 13.9. The third-order valence-corrected chi connectivity index (χ3v) is 3.49. The van der Waals surface area contributed by atoms with Gasteiger partial charge in [-0.05, 0) is 23.8 Å². The molecule has 0 saturated carbocycles. The third-order valence-electron chi connectivity index (χ3n) is 3.49. The Hall–Kier alpha value is -3.30. The van der Waals surface area contributed by atoms with Gasteiger partial charge in [-0.15, -0.1) is 13.2 Å². The van der Waals surface area contributed by atoms with E-state index in [0.717, 1.165) is 0 Å². The molecule has 1 aromatic carbocycles. The largest absolute Gasteiger partial charge is 0.573 e. The van der Waals surface area contributed by atoms with Crippen molar-refractivity contribution in [2.24, 2.45) is 5.16 Å². The molecule has 1 aliphatic rings. The molecule has 1 aliphatic heterocycles. The number of oxime groups is 1. The third kappa shape index (κ3) is 4.87. The van der Waals surface area contributed by atoms with E-state index in [1.165, 1.54) is 49.7 Å². The second kappa shape index (κ2) is 7.52. The summed E-state index contributed by atoms with van der Waals surface area (Å²) in [5, 5.41) is 3.81. The number of carbonyl (C=O) groups excluding carboxylic acids is 1. The van der Waals surface area contributed by atoms with Crippen molar-refractivity contribution in [1.82, 2.24) is 4.98 Å². The molecular formula is C17H13F3N2O5. The Kier molecular flexibility index (Phi) is 5.15. The summed E-state index contributed by atoms with van der Waals surface area (Å²) in [7, 11) is 1.24. The van der Waals surface area contributed by atoms with Gasteiger partial charge in [-0.3, -0.25) is 0 Å². The Labute approximate surface area is 151 Å². The maximum absolute atomic E-state index is 12.2. The summed E-state index contributed by atoms with van der Waals surface area (Å²) in [5.74, 6) is -0.363. The molecule has 0 saturated heterocycles. The molecular weight excluding hydrogens is 369 g/mol. The van der Waals surface area contributed by atoms with Crippen molar-refractivity contribution in [3.8, 4) is 11.5 Å². The number of benzene rings is 1. The number of aromatic nitrogens is 1. The molecule has 142 valence electrons. The van der Waals surface area contributed by atoms with Crippen LogP contribution in [0.3, 0.4) is 0 Å². The van der Waals surface area contributed by atoms with Gasteiger partial charge >= 0.3 is 12.3 Å². The standard InChI is InChI=1S/C17H13F3N2O5/c1-24-16(23)13-8-12(6-7-21-13)25-15-9-14(27-22-15)10-2-4-11(5-3-10)26-17(18,19)20/h2-8,14H,9H2,1H3/t14-/m1/s1. The first-order valence-electron chi connectivity index (χ1n) is 7.64. The molecule has 3 rings (SSSR count). The summed E-state index contributed by atoms with van der Waals surface area (Å²) < 4.78 is 50.5. The predicted octanol–water partition coefficient (Wildman–Crippen LogP) is 3.62. The molecule has 0 spiro atoms. The van der Waals surface area contributed by atoms with Gasteiger partial charge in [0.25, 0.3) is 0 Å². The average Bonchev–Trinajstić information content (AvgIpc) is 3.09. The van der Waals surface area contributed by atoms with Crippen molar-refractivity contribution >= 4 is 11.9 Å². The lowest BCUT2D eigenvalue weighted by Crippen LogP contribution is -2.17. The van der Waals surface area contributed by atoms with Gasteiger partial charge < -0.3 is 19.0 Å². The fourth-order valence-electron chi connectivity index (χ4n) is 2.31. The van der Waals surface area contributed by atoms with Gasteiger partial charge in [0.2, 0.25) is 5.90 Å². The smallest absolute Gasteiger partial charge is 0.464 e. The number of halogens is 3. The Morgan fingerprint density at radius 3 is 2.59 bits per heavy atom. The summed E-state index contributed by atoms with van der Waals surface area (Å²) in [4.78, 5) is 20.6. The van der Waals surface area contributed by atoms with E-state index in [0.29, 0.717) is 11.3 Å². The number of carbonyl (C=O) groups is 1. The Balaban J connectivity index is 1.61. The van der Waals surface area contributed by atoms with Crippen LogP contribution in [0.5, 0.6) is 11.5 Å². The second-order valence-corrected chi connectivity index (χ2v) is 5.37. The number of hydrogen-bond donors (Lipinski definition) is 0. The van der Waals surface area contributed by atoms with E-state index in [-0.39, 0.29) is 23.8 Å². The van der Waals surface area contributed by atoms with Crippen LogP contribution in [0, 0.1) is 0 Å². The van der Waals surface area contributed by atoms with Crippen LogP contribution < -0.4 is 9.47 Å². The summed E-state index contributed by atoms with van der Waals surface area (Å²) >= 11 is 0. The van der Waals surface area contributed by atoms with E-state index in [1.54, 1.807) is 0 Å². The van der Waals surface area contributed by atoms with Crippen LogP contribution in [0.2, 0.25) is 0 Å². The minimum Gasteiger partial charge on any atom is -0.464 e. The highest BCUT2D eigenvalue weighted by Gasteiger charge is 2.31. The van der Waals surface area contributed by atoms with Crippen LogP contribution in [0.25, 0.3) is 0 Å². The van der Waals surface area contributed by atoms with Crippen LogP contribution in [0.1, 0.15) is 28.6 Å². The molecule has 27 heavy (non-hydrogen) atoms. The van der Waals surface area contributed by atoms with Crippen molar-refractivity contribution in [3.05, 3.63) is 53.9 Å². The number of esters is 1. The Morgan fingerprint density at radius 1 is 1.19 bits per heavy atom. The number of methoxy groups -OCH3 is 1. The molecule has 0 bridgehead atoms. The molecule has 1 atom stereocenters. The first kappa shape index (κ1) is 18.5. The summed E-state index contributed by atoms with van der Waals surface area (Å²) in [5.41, 5.74) is 0.683. The van der Waals surface area contributed by atoms with E-state index in [2.05, 4.69) is 19.6 Å². The van der Waals surface area contributed by atoms with E-state index in [9.17, 15) is 18.0 Å². The van der Waals surface area contributed by atoms with Crippen LogP contribution in [0.4, 0.5) is 13.2 Å². The minimum absolute atomic E-state index is 0.0753. The van der Waals surface area contributed by atoms with Gasteiger partial charge in [-0.2, -0.15) is 0 Å². The van der Waals surface area contributed by atoms with Gasteiger partial charge in [0, 0.05) is 12.3 Å². The van der Waals surface area contributed by atoms with Gasteiger partial charge in [0.1, 0.15) is 11.5 Å². The fraction of sp³-hybridized carbons (Fsp3) is 0.235. The van der Waals surface area contributed by atoms with Crippen molar-refractivity contribution in [3.63, 3.8) is 0 Å². The lowest BCUT2D eigenvalue weighted by molar-refractivity contribution is -0.274. The topological polar surface area (TPSA) is 79.2 Å². The SMILES string of the molecule is COC(=O)c1cc(OC2=NO[C@@H](c3ccc(OC(F)(F)F)cc3)C2)ccn1. The van der Waals surface area contributed by atoms with Crippen molar-refractivity contribution in [2.75, 3.05) is 7.11 Å². The van der Waals surface area contributed by atoms with Crippen molar-refractivity contribution in [2.45, 2.75) is 18.9 Å². The highest BCUT2D eigenvalue weighted by Crippen LogP contribution is 2.30. The molecule has 0 radical (unpaired) electrons. The zero-order chi connectivity index (χ0) is 19.4. The molecule has 0 unspecified atom stereocenters. The zero-order valence-corrected chi connectivity index (χ0v) is 13.9. The molecule has 0 amide bonds. The quantitative estimate of drug-likeness (QED) is 0.752. The molecule has 0 fully saturated rings. The van der Waals surface area contributed by atoms with E-state index >= 15 is 0 Å². The van der Waals surface area contributed by atoms with Crippen LogP contribution in [-0.4, -0.2) is 30.3 Å². The number of rotatable bonds is 4. The molecule has 0 aliphatic carbocycles. The Morgan fingerprint density at radius 2 is 1.93 bits per heavy atom. The number of alkyl halides is 3. The number of pyridine rings is 1. The second-order valence-electron chi connectivity index (χ2n) is 5.37. The Bertz CT molecular complexity index is 852. The first-order valence-corrected chi connectivity index (χ1v) is 7.64. The van der Waals surface area contributed by atoms with Crippen molar-refractivity contribution in [1.29, 1.82) is 0 Å². The van der Waals surface area contributed by atoms with E-state index in [1.807, 2.05) is 0 Å². The predicted molar refractivity (Wildman–Crippen MR) is 85.2 cm³/mol. The highest BCUT2D eigenvalue weighted by molar-refractivity contribution is 5.88. The van der Waals surface area contributed by atoms with Crippen molar-refractivity contribution < 1.29 is 37.0 Å². The van der Waals surface area contributed by atoms with Gasteiger partial charge in [-0.25, -0.2) is 9.78 Å². The molecule has 2 aromatic rings. The normalized spacial score (nSPS) is 16.3. The monoisotopic (exact) mass is 382 g/mol. The van der Waals surface area contributed by atoms with Crippen LogP contribution >= 0.6 is 0 Å². The number of nitrogens with zero attached hydrogens (tertiary/aromatic N) is 2. The van der Waals surface area contributed by atoms with E-state index in [4.69, 9.17) is 9.57 Å². The van der Waals surface area contributed by atoms with Gasteiger partial charge in [-0.1, -0.05) is 17.3 Å². The van der Waals surface area contributed by atoms with Crippen LogP contribution in [0.15, 0.2) is 47.8 Å². The lowest BCUT2D eigenvalue weighted by Gasteiger charge is -2.11. The van der Waals surface area contributed by atoms with Gasteiger partial charge in [0.05, 0.1) is 13.5 Å². The number of hydrogen-bond acceptors (Lipinski definition) is 7. The molecule has 2 heterocycles. The molecule has 10 heteroatoms. The fourth-order valence-corrected chi connectivity index (χ4v) is 2.31. The molecule has 7 nitrogen and oxygen atoms in total. The maximum Gasteiger partial charge on any atom is 0.573 e. The molecule has 0 N–H and O–H groups in total. The lowest BCUT2D eigenvalue weighted by atomic mass is 10.1. The molecule has 1 aromatic heterocycles. The number of ether oxygens (including phenoxy) is 3. The average molecular weight is 382 g/mol. The maximum atomic E-state index is 12.2. The van der Waals surface area contributed by atoms with Gasteiger partial charge in [0.15, 0.2) is 11.8 Å².